The Hall–Kier alpha value is -3.47. The van der Waals surface area contributed by atoms with Crippen LogP contribution in [0.2, 0.25) is 0 Å². The van der Waals surface area contributed by atoms with Gasteiger partial charge in [-0.25, -0.2) is 9.18 Å². The zero-order valence-electron chi connectivity index (χ0n) is 13.8. The second-order valence-corrected chi connectivity index (χ2v) is 5.57. The molecule has 0 heterocycles. The zero-order valence-corrected chi connectivity index (χ0v) is 13.8. The summed E-state index contributed by atoms with van der Waals surface area (Å²) < 4.78 is 17.7. The van der Waals surface area contributed by atoms with E-state index in [1.165, 1.54) is 12.1 Å². The summed E-state index contributed by atoms with van der Waals surface area (Å²) in [6, 6.07) is 22.2. The fraction of sp³-hybridized carbons (Fsp3) is 0.0476. The molecule has 3 aromatic carbocycles. The van der Waals surface area contributed by atoms with Gasteiger partial charge in [0, 0.05) is 5.69 Å². The van der Waals surface area contributed by atoms with Crippen LogP contribution in [0.4, 0.5) is 10.1 Å². The predicted octanol–water partition coefficient (Wildman–Crippen LogP) is 4.29. The maximum absolute atomic E-state index is 12.8. The van der Waals surface area contributed by atoms with Gasteiger partial charge >= 0.3 is 5.97 Å². The smallest absolute Gasteiger partial charge is 0.338 e. The first kappa shape index (κ1) is 17.4. The van der Waals surface area contributed by atoms with Crippen LogP contribution in [0.15, 0.2) is 78.9 Å². The first-order valence-electron chi connectivity index (χ1n) is 8.00. The summed E-state index contributed by atoms with van der Waals surface area (Å²) in [6.07, 6.45) is 0. The van der Waals surface area contributed by atoms with Crippen molar-refractivity contribution in [3.05, 3.63) is 90.2 Å². The van der Waals surface area contributed by atoms with E-state index in [1.54, 1.807) is 12.1 Å². The summed E-state index contributed by atoms with van der Waals surface area (Å²) in [7, 11) is 0. The molecule has 0 radical (unpaired) electrons. The van der Waals surface area contributed by atoms with Crippen LogP contribution < -0.4 is 5.32 Å². The average molecular weight is 349 g/mol. The number of halogens is 1. The van der Waals surface area contributed by atoms with Gasteiger partial charge in [0.2, 0.25) is 0 Å². The van der Waals surface area contributed by atoms with Crippen LogP contribution in [0.5, 0.6) is 0 Å². The molecular weight excluding hydrogens is 333 g/mol. The van der Waals surface area contributed by atoms with Crippen LogP contribution in [-0.4, -0.2) is 18.5 Å². The highest BCUT2D eigenvalue weighted by Crippen LogP contribution is 2.20. The van der Waals surface area contributed by atoms with Gasteiger partial charge in [0.15, 0.2) is 6.61 Å². The fourth-order valence-electron chi connectivity index (χ4n) is 2.37. The Morgan fingerprint density at radius 1 is 0.808 bits per heavy atom. The number of esters is 1. The van der Waals surface area contributed by atoms with Gasteiger partial charge in [0.1, 0.15) is 5.82 Å². The van der Waals surface area contributed by atoms with Crippen LogP contribution in [0, 0.1) is 5.82 Å². The van der Waals surface area contributed by atoms with Gasteiger partial charge in [-0.15, -0.1) is 0 Å². The standard InChI is InChI=1S/C21H16FNO3/c22-18-10-6-17(7-11-18)21(25)26-14-20(24)23-19-12-8-16(9-13-19)15-4-2-1-3-5-15/h1-13H,14H2,(H,23,24). The van der Waals surface area contributed by atoms with Crippen molar-refractivity contribution in [1.82, 2.24) is 0 Å². The molecule has 0 saturated heterocycles. The Morgan fingerprint density at radius 2 is 1.42 bits per heavy atom. The third-order valence-corrected chi connectivity index (χ3v) is 3.69. The average Bonchev–Trinajstić information content (AvgIpc) is 2.68. The maximum Gasteiger partial charge on any atom is 0.338 e. The Kier molecular flexibility index (Phi) is 5.39. The van der Waals surface area contributed by atoms with Crippen molar-refractivity contribution in [3.8, 4) is 11.1 Å². The molecule has 0 atom stereocenters. The highest BCUT2D eigenvalue weighted by molar-refractivity contribution is 5.95. The van der Waals surface area contributed by atoms with Crippen molar-refractivity contribution in [1.29, 1.82) is 0 Å². The lowest BCUT2D eigenvalue weighted by Crippen LogP contribution is -2.20. The summed E-state index contributed by atoms with van der Waals surface area (Å²) in [6.45, 7) is -0.420. The largest absolute Gasteiger partial charge is 0.452 e. The summed E-state index contributed by atoms with van der Waals surface area (Å²) in [5.41, 5.74) is 2.91. The molecule has 1 N–H and O–H groups in total. The normalized spacial score (nSPS) is 10.2. The molecule has 5 heteroatoms. The highest BCUT2D eigenvalue weighted by Gasteiger charge is 2.10. The van der Waals surface area contributed by atoms with Crippen LogP contribution in [0.25, 0.3) is 11.1 Å². The number of carbonyl (C=O) groups excluding carboxylic acids is 2. The van der Waals surface area contributed by atoms with E-state index in [2.05, 4.69) is 5.32 Å². The number of rotatable bonds is 5. The molecule has 0 aliphatic carbocycles. The van der Waals surface area contributed by atoms with Crippen molar-refractivity contribution in [2.24, 2.45) is 0 Å². The lowest BCUT2D eigenvalue weighted by atomic mass is 10.1. The summed E-state index contributed by atoms with van der Waals surface area (Å²) in [4.78, 5) is 23.7. The second-order valence-electron chi connectivity index (χ2n) is 5.57. The number of carbonyl (C=O) groups is 2. The molecule has 26 heavy (non-hydrogen) atoms. The highest BCUT2D eigenvalue weighted by atomic mass is 19.1. The second kappa shape index (κ2) is 8.07. The number of nitrogens with one attached hydrogen (secondary N) is 1. The minimum absolute atomic E-state index is 0.186. The molecule has 3 rings (SSSR count). The van der Waals surface area contributed by atoms with Crippen LogP contribution in [0.1, 0.15) is 10.4 Å². The summed E-state index contributed by atoms with van der Waals surface area (Å²) in [5.74, 6) is -1.58. The number of hydrogen-bond acceptors (Lipinski definition) is 3. The van der Waals surface area contributed by atoms with E-state index < -0.39 is 24.3 Å². The molecule has 0 aliphatic heterocycles. The van der Waals surface area contributed by atoms with E-state index in [4.69, 9.17) is 4.74 Å². The Balaban J connectivity index is 1.53. The third-order valence-electron chi connectivity index (χ3n) is 3.69. The SMILES string of the molecule is O=C(COC(=O)c1ccc(F)cc1)Nc1ccc(-c2ccccc2)cc1. The molecule has 0 bridgehead atoms. The van der Waals surface area contributed by atoms with Crippen LogP contribution in [-0.2, 0) is 9.53 Å². The number of anilines is 1. The minimum atomic E-state index is -0.681. The van der Waals surface area contributed by atoms with Gasteiger partial charge in [0.25, 0.3) is 5.91 Å². The van der Waals surface area contributed by atoms with Crippen LogP contribution in [0.3, 0.4) is 0 Å². The molecule has 0 unspecified atom stereocenters. The summed E-state index contributed by atoms with van der Waals surface area (Å²) >= 11 is 0. The molecule has 1 amide bonds. The molecule has 0 fully saturated rings. The van der Waals surface area contributed by atoms with Crippen molar-refractivity contribution in [3.63, 3.8) is 0 Å². The number of amides is 1. The topological polar surface area (TPSA) is 55.4 Å². The van der Waals surface area contributed by atoms with Gasteiger partial charge in [-0.1, -0.05) is 42.5 Å². The Labute approximate surface area is 150 Å². The van der Waals surface area contributed by atoms with E-state index in [1.807, 2.05) is 42.5 Å². The van der Waals surface area contributed by atoms with Crippen molar-refractivity contribution in [2.75, 3.05) is 11.9 Å². The first-order valence-corrected chi connectivity index (χ1v) is 8.00. The Bertz CT molecular complexity index is 891. The van der Waals surface area contributed by atoms with Gasteiger partial charge < -0.3 is 10.1 Å². The molecule has 3 aromatic rings. The fourth-order valence-corrected chi connectivity index (χ4v) is 2.37. The minimum Gasteiger partial charge on any atom is -0.452 e. The predicted molar refractivity (Wildman–Crippen MR) is 97.2 cm³/mol. The van der Waals surface area contributed by atoms with E-state index in [0.717, 1.165) is 23.3 Å². The monoisotopic (exact) mass is 349 g/mol. The molecule has 130 valence electrons. The molecule has 0 aliphatic rings. The first-order chi connectivity index (χ1) is 12.6. The van der Waals surface area contributed by atoms with E-state index in [9.17, 15) is 14.0 Å². The molecule has 0 aromatic heterocycles. The van der Waals surface area contributed by atoms with Crippen molar-refractivity contribution in [2.45, 2.75) is 0 Å². The molecule has 4 nitrogen and oxygen atoms in total. The lowest BCUT2D eigenvalue weighted by Gasteiger charge is -2.08. The lowest BCUT2D eigenvalue weighted by molar-refractivity contribution is -0.119. The molecule has 0 saturated carbocycles. The number of ether oxygens (including phenoxy) is 1. The third kappa shape index (κ3) is 4.54. The van der Waals surface area contributed by atoms with E-state index in [0.29, 0.717) is 5.69 Å². The van der Waals surface area contributed by atoms with Gasteiger partial charge in [-0.2, -0.15) is 0 Å². The quantitative estimate of drug-likeness (QED) is 0.699. The van der Waals surface area contributed by atoms with Crippen LogP contribution >= 0.6 is 0 Å². The molecule has 0 spiro atoms. The van der Waals surface area contributed by atoms with Crippen molar-refractivity contribution < 1.29 is 18.7 Å². The number of benzene rings is 3. The Morgan fingerprint density at radius 3 is 2.08 bits per heavy atom. The van der Waals surface area contributed by atoms with E-state index >= 15 is 0 Å². The zero-order chi connectivity index (χ0) is 18.4. The maximum atomic E-state index is 12.8. The van der Waals surface area contributed by atoms with Crippen molar-refractivity contribution >= 4 is 17.6 Å². The van der Waals surface area contributed by atoms with Gasteiger partial charge in [-0.05, 0) is 47.5 Å². The molecular formula is C21H16FNO3. The van der Waals surface area contributed by atoms with E-state index in [-0.39, 0.29) is 5.56 Å². The summed E-state index contributed by atoms with van der Waals surface area (Å²) in [5, 5.41) is 2.66. The number of hydrogen-bond donors (Lipinski definition) is 1. The van der Waals surface area contributed by atoms with Gasteiger partial charge in [0.05, 0.1) is 5.56 Å². The van der Waals surface area contributed by atoms with Gasteiger partial charge in [-0.3, -0.25) is 4.79 Å².